The van der Waals surface area contributed by atoms with Crippen LogP contribution in [0.25, 0.3) is 0 Å². The monoisotopic (exact) mass is 242 g/mol. The summed E-state index contributed by atoms with van der Waals surface area (Å²) in [7, 11) is -3.91. The lowest BCUT2D eigenvalue weighted by atomic mass is 9.86. The summed E-state index contributed by atoms with van der Waals surface area (Å²) in [6.45, 7) is 5.68. The second kappa shape index (κ2) is 4.55. The zero-order chi connectivity index (χ0) is 12.4. The SMILES string of the molecule is Cc1ccccc1CC(C)(C)CS(=O)(=O)O. The highest BCUT2D eigenvalue weighted by Crippen LogP contribution is 2.25. The summed E-state index contributed by atoms with van der Waals surface area (Å²) in [6, 6.07) is 7.88. The number of benzene rings is 1. The first kappa shape index (κ1) is 13.2. The minimum atomic E-state index is -3.91. The van der Waals surface area contributed by atoms with E-state index in [4.69, 9.17) is 4.55 Å². The van der Waals surface area contributed by atoms with Crippen LogP contribution >= 0.6 is 0 Å². The molecule has 0 heterocycles. The molecule has 0 saturated heterocycles. The Morgan fingerprint density at radius 2 is 1.81 bits per heavy atom. The maximum Gasteiger partial charge on any atom is 0.265 e. The standard InChI is InChI=1S/C12H18O3S/c1-10-6-4-5-7-11(10)8-12(2,3)9-16(13,14)15/h4-7H,8-9H2,1-3H3,(H,13,14,15). The van der Waals surface area contributed by atoms with Crippen LogP contribution in [0, 0.1) is 12.3 Å². The molecule has 0 spiro atoms. The van der Waals surface area contributed by atoms with E-state index in [1.165, 1.54) is 0 Å². The van der Waals surface area contributed by atoms with Gasteiger partial charge in [0, 0.05) is 0 Å². The molecule has 0 amide bonds. The molecule has 0 atom stereocenters. The van der Waals surface area contributed by atoms with Crippen LogP contribution in [0.15, 0.2) is 24.3 Å². The Balaban J connectivity index is 2.85. The van der Waals surface area contributed by atoms with Crippen molar-refractivity contribution in [3.63, 3.8) is 0 Å². The van der Waals surface area contributed by atoms with Gasteiger partial charge in [0.25, 0.3) is 10.1 Å². The highest BCUT2D eigenvalue weighted by molar-refractivity contribution is 7.85. The molecule has 90 valence electrons. The van der Waals surface area contributed by atoms with Gasteiger partial charge in [0.2, 0.25) is 0 Å². The molecular weight excluding hydrogens is 224 g/mol. The van der Waals surface area contributed by atoms with E-state index in [-0.39, 0.29) is 5.75 Å². The highest BCUT2D eigenvalue weighted by Gasteiger charge is 2.25. The third-order valence-electron chi connectivity index (χ3n) is 2.50. The smallest absolute Gasteiger partial charge is 0.265 e. The van der Waals surface area contributed by atoms with Crippen molar-refractivity contribution in [1.29, 1.82) is 0 Å². The lowest BCUT2D eigenvalue weighted by Gasteiger charge is -2.23. The third-order valence-corrected chi connectivity index (χ3v) is 3.65. The first-order valence-electron chi connectivity index (χ1n) is 5.19. The predicted octanol–water partition coefficient (Wildman–Crippen LogP) is 2.45. The molecule has 0 saturated carbocycles. The molecule has 0 fully saturated rings. The van der Waals surface area contributed by atoms with Crippen LogP contribution in [0.4, 0.5) is 0 Å². The summed E-state index contributed by atoms with van der Waals surface area (Å²) in [5, 5.41) is 0. The number of aryl methyl sites for hydroxylation is 1. The average molecular weight is 242 g/mol. The van der Waals surface area contributed by atoms with Gasteiger partial charge >= 0.3 is 0 Å². The molecule has 0 unspecified atom stereocenters. The minimum absolute atomic E-state index is 0.214. The van der Waals surface area contributed by atoms with Crippen LogP contribution < -0.4 is 0 Å². The van der Waals surface area contributed by atoms with Gasteiger partial charge in [-0.05, 0) is 29.9 Å². The van der Waals surface area contributed by atoms with Crippen molar-refractivity contribution in [2.75, 3.05) is 5.75 Å². The minimum Gasteiger partial charge on any atom is -0.286 e. The Morgan fingerprint density at radius 1 is 1.25 bits per heavy atom. The second-order valence-corrected chi connectivity index (χ2v) is 6.45. The van der Waals surface area contributed by atoms with Gasteiger partial charge in [-0.3, -0.25) is 4.55 Å². The van der Waals surface area contributed by atoms with Gasteiger partial charge in [-0.2, -0.15) is 8.42 Å². The molecule has 0 radical (unpaired) electrons. The van der Waals surface area contributed by atoms with Crippen LogP contribution in [0.2, 0.25) is 0 Å². The summed E-state index contributed by atoms with van der Waals surface area (Å²) in [6.07, 6.45) is 0.638. The summed E-state index contributed by atoms with van der Waals surface area (Å²) in [5.74, 6) is -0.214. The van der Waals surface area contributed by atoms with E-state index in [9.17, 15) is 8.42 Å². The molecule has 0 aliphatic heterocycles. The van der Waals surface area contributed by atoms with Crippen molar-refractivity contribution in [3.05, 3.63) is 35.4 Å². The zero-order valence-corrected chi connectivity index (χ0v) is 10.7. The number of rotatable bonds is 4. The van der Waals surface area contributed by atoms with Crippen LogP contribution in [0.1, 0.15) is 25.0 Å². The molecule has 1 aromatic carbocycles. The maximum absolute atomic E-state index is 10.9. The third kappa shape index (κ3) is 4.33. The van der Waals surface area contributed by atoms with Gasteiger partial charge in [0.1, 0.15) is 0 Å². The molecule has 16 heavy (non-hydrogen) atoms. The van der Waals surface area contributed by atoms with Crippen molar-refractivity contribution in [3.8, 4) is 0 Å². The van der Waals surface area contributed by atoms with Gasteiger partial charge in [-0.15, -0.1) is 0 Å². The van der Waals surface area contributed by atoms with E-state index in [1.807, 2.05) is 45.0 Å². The van der Waals surface area contributed by atoms with E-state index >= 15 is 0 Å². The van der Waals surface area contributed by atoms with Crippen LogP contribution in [0.3, 0.4) is 0 Å². The van der Waals surface area contributed by atoms with E-state index in [0.717, 1.165) is 11.1 Å². The quantitative estimate of drug-likeness (QED) is 0.825. The fourth-order valence-electron chi connectivity index (χ4n) is 1.87. The molecule has 0 aliphatic carbocycles. The Kier molecular flexibility index (Phi) is 3.76. The maximum atomic E-state index is 10.9. The predicted molar refractivity (Wildman–Crippen MR) is 65.1 cm³/mol. The summed E-state index contributed by atoms with van der Waals surface area (Å²) in [5.41, 5.74) is 1.81. The van der Waals surface area contributed by atoms with Crippen molar-refractivity contribution in [2.24, 2.45) is 5.41 Å². The Labute approximate surface area is 97.2 Å². The van der Waals surface area contributed by atoms with Crippen molar-refractivity contribution in [2.45, 2.75) is 27.2 Å². The molecule has 3 nitrogen and oxygen atoms in total. The van der Waals surface area contributed by atoms with Gasteiger partial charge in [0.05, 0.1) is 5.75 Å². The fraction of sp³-hybridized carbons (Fsp3) is 0.500. The lowest BCUT2D eigenvalue weighted by Crippen LogP contribution is -2.26. The molecule has 1 rings (SSSR count). The summed E-state index contributed by atoms with van der Waals surface area (Å²) < 4.78 is 30.6. The molecular formula is C12H18O3S. The summed E-state index contributed by atoms with van der Waals surface area (Å²) in [4.78, 5) is 0. The van der Waals surface area contributed by atoms with E-state index < -0.39 is 15.5 Å². The Morgan fingerprint density at radius 3 is 2.31 bits per heavy atom. The van der Waals surface area contributed by atoms with Crippen LogP contribution in [-0.4, -0.2) is 18.7 Å². The number of hydrogen-bond acceptors (Lipinski definition) is 2. The van der Waals surface area contributed by atoms with Gasteiger partial charge < -0.3 is 0 Å². The van der Waals surface area contributed by atoms with Gasteiger partial charge in [-0.25, -0.2) is 0 Å². The van der Waals surface area contributed by atoms with E-state index in [0.29, 0.717) is 6.42 Å². The van der Waals surface area contributed by atoms with Crippen molar-refractivity contribution >= 4 is 10.1 Å². The summed E-state index contributed by atoms with van der Waals surface area (Å²) >= 11 is 0. The average Bonchev–Trinajstić information content (AvgIpc) is 2.04. The molecule has 0 aromatic heterocycles. The molecule has 1 N–H and O–H groups in total. The van der Waals surface area contributed by atoms with Crippen molar-refractivity contribution in [1.82, 2.24) is 0 Å². The normalized spacial score (nSPS) is 12.8. The molecule has 0 bridgehead atoms. The Bertz CT molecular complexity index is 461. The molecule has 1 aromatic rings. The second-order valence-electron chi connectivity index (χ2n) is 4.99. The van der Waals surface area contributed by atoms with E-state index in [1.54, 1.807) is 0 Å². The first-order chi connectivity index (χ1) is 7.20. The van der Waals surface area contributed by atoms with Gasteiger partial charge in [0.15, 0.2) is 0 Å². The molecule has 0 aliphatic rings. The number of hydrogen-bond donors (Lipinski definition) is 1. The first-order valence-corrected chi connectivity index (χ1v) is 6.80. The van der Waals surface area contributed by atoms with Crippen LogP contribution in [-0.2, 0) is 16.5 Å². The topological polar surface area (TPSA) is 54.4 Å². The highest BCUT2D eigenvalue weighted by atomic mass is 32.2. The fourth-order valence-corrected chi connectivity index (χ4v) is 2.96. The lowest BCUT2D eigenvalue weighted by molar-refractivity contribution is 0.386. The zero-order valence-electron chi connectivity index (χ0n) is 9.90. The van der Waals surface area contributed by atoms with Crippen molar-refractivity contribution < 1.29 is 13.0 Å². The van der Waals surface area contributed by atoms with Crippen LogP contribution in [0.5, 0.6) is 0 Å². The molecule has 4 heteroatoms. The van der Waals surface area contributed by atoms with Gasteiger partial charge in [-0.1, -0.05) is 38.1 Å². The Hall–Kier alpha value is -0.870. The van der Waals surface area contributed by atoms with E-state index in [2.05, 4.69) is 0 Å². The largest absolute Gasteiger partial charge is 0.286 e.